The molecule has 1 aromatic heterocycles. The van der Waals surface area contributed by atoms with Gasteiger partial charge in [-0.2, -0.15) is 0 Å². The molecule has 3 rings (SSSR count). The number of hydrogen-bond acceptors (Lipinski definition) is 4. The standard InChI is InChI=1S/C19H21FN2O3/c20-15-6-7-18(25-13-16-4-2-10-24-16)17(11-15)22-19(23)8-5-14-3-1-9-21-12-14/h1,3,6-7,9,11-12,16H,2,4-5,8,10,13H2,(H,22,23). The lowest BCUT2D eigenvalue weighted by Crippen LogP contribution is -2.18. The number of nitrogens with one attached hydrogen (secondary N) is 1. The topological polar surface area (TPSA) is 60.5 Å². The van der Waals surface area contributed by atoms with E-state index in [0.717, 1.165) is 25.0 Å². The lowest BCUT2D eigenvalue weighted by atomic mass is 10.1. The Kier molecular flexibility index (Phi) is 5.95. The van der Waals surface area contributed by atoms with Gasteiger partial charge in [0, 0.05) is 31.5 Å². The van der Waals surface area contributed by atoms with Crippen LogP contribution in [0.5, 0.6) is 5.75 Å². The molecule has 0 aliphatic carbocycles. The lowest BCUT2D eigenvalue weighted by Gasteiger charge is -2.15. The van der Waals surface area contributed by atoms with Gasteiger partial charge in [0.1, 0.15) is 18.2 Å². The molecule has 0 spiro atoms. The van der Waals surface area contributed by atoms with Crippen LogP contribution in [0, 0.1) is 5.82 Å². The number of aryl methyl sites for hydroxylation is 1. The maximum Gasteiger partial charge on any atom is 0.224 e. The summed E-state index contributed by atoms with van der Waals surface area (Å²) in [6.07, 6.45) is 6.30. The summed E-state index contributed by atoms with van der Waals surface area (Å²) < 4.78 is 24.8. The third-order valence-electron chi connectivity index (χ3n) is 4.03. The maximum absolute atomic E-state index is 13.5. The number of amides is 1. The summed E-state index contributed by atoms with van der Waals surface area (Å²) in [6, 6.07) is 7.86. The molecule has 1 atom stereocenters. The van der Waals surface area contributed by atoms with E-state index in [2.05, 4.69) is 10.3 Å². The molecular weight excluding hydrogens is 323 g/mol. The van der Waals surface area contributed by atoms with Gasteiger partial charge in [-0.15, -0.1) is 0 Å². The smallest absolute Gasteiger partial charge is 0.224 e. The minimum absolute atomic E-state index is 0.0548. The van der Waals surface area contributed by atoms with Crippen molar-refractivity contribution in [2.24, 2.45) is 0 Å². The van der Waals surface area contributed by atoms with Crippen LogP contribution in [0.2, 0.25) is 0 Å². The number of carbonyl (C=O) groups excluding carboxylic acids is 1. The van der Waals surface area contributed by atoms with Crippen LogP contribution in [0.1, 0.15) is 24.8 Å². The number of rotatable bonds is 7. The molecule has 1 unspecified atom stereocenters. The van der Waals surface area contributed by atoms with Crippen molar-refractivity contribution < 1.29 is 18.7 Å². The van der Waals surface area contributed by atoms with Crippen molar-refractivity contribution in [3.05, 3.63) is 54.1 Å². The van der Waals surface area contributed by atoms with Gasteiger partial charge in [-0.1, -0.05) is 6.07 Å². The predicted octanol–water partition coefficient (Wildman–Crippen LogP) is 3.35. The first-order valence-electron chi connectivity index (χ1n) is 8.43. The van der Waals surface area contributed by atoms with Crippen LogP contribution in [0.4, 0.5) is 10.1 Å². The van der Waals surface area contributed by atoms with Crippen LogP contribution >= 0.6 is 0 Å². The number of halogens is 1. The van der Waals surface area contributed by atoms with Crippen molar-refractivity contribution in [1.82, 2.24) is 4.98 Å². The number of hydrogen-bond donors (Lipinski definition) is 1. The summed E-state index contributed by atoms with van der Waals surface area (Å²) in [6.45, 7) is 1.14. The second-order valence-electron chi connectivity index (χ2n) is 6.00. The fourth-order valence-corrected chi connectivity index (χ4v) is 2.70. The first-order chi connectivity index (χ1) is 12.2. The molecule has 1 aliphatic rings. The fourth-order valence-electron chi connectivity index (χ4n) is 2.70. The summed E-state index contributed by atoms with van der Waals surface area (Å²) in [7, 11) is 0. The number of ether oxygens (including phenoxy) is 2. The monoisotopic (exact) mass is 344 g/mol. The summed E-state index contributed by atoms with van der Waals surface area (Å²) >= 11 is 0. The van der Waals surface area contributed by atoms with Gasteiger partial charge in [0.15, 0.2) is 0 Å². The highest BCUT2D eigenvalue weighted by Gasteiger charge is 2.17. The highest BCUT2D eigenvalue weighted by atomic mass is 19.1. The molecule has 1 amide bonds. The van der Waals surface area contributed by atoms with Gasteiger partial charge in [-0.3, -0.25) is 9.78 Å². The summed E-state index contributed by atoms with van der Waals surface area (Å²) in [4.78, 5) is 16.2. The Hall–Kier alpha value is -2.47. The quantitative estimate of drug-likeness (QED) is 0.837. The molecule has 0 bridgehead atoms. The molecule has 2 heterocycles. The Bertz CT molecular complexity index is 703. The maximum atomic E-state index is 13.5. The largest absolute Gasteiger partial charge is 0.489 e. The van der Waals surface area contributed by atoms with E-state index in [-0.39, 0.29) is 18.4 Å². The first kappa shape index (κ1) is 17.4. The SMILES string of the molecule is O=C(CCc1cccnc1)Nc1cc(F)ccc1OCC1CCCO1. The van der Waals surface area contributed by atoms with Crippen LogP contribution in [-0.2, 0) is 16.0 Å². The Balaban J connectivity index is 1.57. The summed E-state index contributed by atoms with van der Waals surface area (Å²) in [5.74, 6) is -0.171. The van der Waals surface area contributed by atoms with E-state index in [9.17, 15) is 9.18 Å². The normalized spacial score (nSPS) is 16.6. The third kappa shape index (κ3) is 5.26. The molecule has 1 fully saturated rings. The summed E-state index contributed by atoms with van der Waals surface area (Å²) in [5.41, 5.74) is 1.32. The van der Waals surface area contributed by atoms with Crippen molar-refractivity contribution in [2.75, 3.05) is 18.5 Å². The zero-order valence-electron chi connectivity index (χ0n) is 13.9. The molecule has 25 heavy (non-hydrogen) atoms. The van der Waals surface area contributed by atoms with Gasteiger partial charge in [0.2, 0.25) is 5.91 Å². The zero-order valence-corrected chi connectivity index (χ0v) is 13.9. The van der Waals surface area contributed by atoms with E-state index in [1.807, 2.05) is 12.1 Å². The van der Waals surface area contributed by atoms with E-state index in [4.69, 9.17) is 9.47 Å². The molecule has 132 valence electrons. The number of nitrogens with zero attached hydrogens (tertiary/aromatic N) is 1. The second kappa shape index (κ2) is 8.58. The first-order valence-corrected chi connectivity index (χ1v) is 8.43. The molecule has 0 saturated carbocycles. The van der Waals surface area contributed by atoms with Gasteiger partial charge in [-0.25, -0.2) is 4.39 Å². The minimum atomic E-state index is -0.424. The van der Waals surface area contributed by atoms with E-state index in [1.54, 1.807) is 12.4 Å². The van der Waals surface area contributed by atoms with Crippen molar-refractivity contribution in [1.29, 1.82) is 0 Å². The van der Waals surface area contributed by atoms with Crippen LogP contribution in [0.25, 0.3) is 0 Å². The highest BCUT2D eigenvalue weighted by Crippen LogP contribution is 2.26. The van der Waals surface area contributed by atoms with Gasteiger partial charge in [0.25, 0.3) is 0 Å². The second-order valence-corrected chi connectivity index (χ2v) is 6.00. The average Bonchev–Trinajstić information content (AvgIpc) is 3.14. The van der Waals surface area contributed by atoms with Crippen LogP contribution in [0.3, 0.4) is 0 Å². The Labute approximate surface area is 146 Å². The number of aromatic nitrogens is 1. The molecule has 1 saturated heterocycles. The van der Waals surface area contributed by atoms with Crippen LogP contribution in [-0.4, -0.2) is 30.2 Å². The van der Waals surface area contributed by atoms with Gasteiger partial charge in [0.05, 0.1) is 11.8 Å². The van der Waals surface area contributed by atoms with Crippen molar-refractivity contribution in [2.45, 2.75) is 31.8 Å². The molecular formula is C19H21FN2O3. The van der Waals surface area contributed by atoms with Gasteiger partial charge < -0.3 is 14.8 Å². The molecule has 1 aliphatic heterocycles. The number of carbonyl (C=O) groups is 1. The van der Waals surface area contributed by atoms with Crippen molar-refractivity contribution in [3.63, 3.8) is 0 Å². The average molecular weight is 344 g/mol. The van der Waals surface area contributed by atoms with E-state index in [1.165, 1.54) is 18.2 Å². The van der Waals surface area contributed by atoms with E-state index < -0.39 is 5.82 Å². The zero-order chi connectivity index (χ0) is 17.5. The van der Waals surface area contributed by atoms with Crippen molar-refractivity contribution >= 4 is 11.6 Å². The molecule has 5 nitrogen and oxygen atoms in total. The highest BCUT2D eigenvalue weighted by molar-refractivity contribution is 5.92. The van der Waals surface area contributed by atoms with Crippen molar-refractivity contribution in [3.8, 4) is 5.75 Å². The Morgan fingerprint density at radius 1 is 1.40 bits per heavy atom. The fraction of sp³-hybridized carbons (Fsp3) is 0.368. The third-order valence-corrected chi connectivity index (χ3v) is 4.03. The summed E-state index contributed by atoms with van der Waals surface area (Å²) in [5, 5.41) is 2.73. The predicted molar refractivity (Wildman–Crippen MR) is 92.1 cm³/mol. The molecule has 1 aromatic carbocycles. The van der Waals surface area contributed by atoms with Crippen LogP contribution in [0.15, 0.2) is 42.7 Å². The molecule has 0 radical (unpaired) electrons. The Morgan fingerprint density at radius 2 is 2.32 bits per heavy atom. The van der Waals surface area contributed by atoms with E-state index >= 15 is 0 Å². The van der Waals surface area contributed by atoms with Crippen LogP contribution < -0.4 is 10.1 Å². The molecule has 2 aromatic rings. The Morgan fingerprint density at radius 3 is 3.08 bits per heavy atom. The number of benzene rings is 1. The van der Waals surface area contributed by atoms with E-state index in [0.29, 0.717) is 24.5 Å². The lowest BCUT2D eigenvalue weighted by molar-refractivity contribution is -0.116. The number of anilines is 1. The molecule has 1 N–H and O–H groups in total. The van der Waals surface area contributed by atoms with Gasteiger partial charge >= 0.3 is 0 Å². The molecule has 6 heteroatoms. The van der Waals surface area contributed by atoms with Gasteiger partial charge in [-0.05, 0) is 43.0 Å². The minimum Gasteiger partial charge on any atom is -0.489 e. The number of pyridine rings is 1.